The number of fused-ring (bicyclic) bond motifs is 1. The third kappa shape index (κ3) is 2.18. The number of carboxylic acid groups (broad SMARTS) is 1. The summed E-state index contributed by atoms with van der Waals surface area (Å²) in [7, 11) is 0. The van der Waals surface area contributed by atoms with Gasteiger partial charge in [-0.1, -0.05) is 0 Å². The highest BCUT2D eigenvalue weighted by molar-refractivity contribution is 5.77. The fourth-order valence-corrected chi connectivity index (χ4v) is 1.67. The maximum Gasteiger partial charge on any atom is 0.309 e. The Kier molecular flexibility index (Phi) is 2.80. The molecule has 0 amide bonds. The lowest BCUT2D eigenvalue weighted by atomic mass is 9.89. The summed E-state index contributed by atoms with van der Waals surface area (Å²) in [6, 6.07) is 1.87. The molecule has 0 unspecified atom stereocenters. The van der Waals surface area contributed by atoms with E-state index in [9.17, 15) is 13.6 Å². The topological polar surface area (TPSA) is 66.0 Å². The summed E-state index contributed by atoms with van der Waals surface area (Å²) < 4.78 is 26.4. The molecule has 2 N–H and O–H groups in total. The number of nitrogens with zero attached hydrogens (tertiary/aromatic N) is 1. The van der Waals surface area contributed by atoms with E-state index in [1.54, 1.807) is 13.8 Å². The SMILES string of the molecule is CC(C)(Cc1nc2c(F)cc(F)cc2[nH]1)C(=O)O. The number of aliphatic carboxylic acids is 1. The van der Waals surface area contributed by atoms with Crippen LogP contribution in [0.25, 0.3) is 11.0 Å². The second kappa shape index (κ2) is 4.04. The Balaban J connectivity index is 2.42. The van der Waals surface area contributed by atoms with Gasteiger partial charge in [-0.15, -0.1) is 0 Å². The van der Waals surface area contributed by atoms with Gasteiger partial charge in [0.1, 0.15) is 17.2 Å². The first kappa shape index (κ1) is 12.5. The van der Waals surface area contributed by atoms with Gasteiger partial charge < -0.3 is 10.1 Å². The van der Waals surface area contributed by atoms with Crippen LogP contribution in [-0.4, -0.2) is 21.0 Å². The molecule has 1 heterocycles. The number of nitrogens with one attached hydrogen (secondary N) is 1. The molecule has 0 radical (unpaired) electrons. The summed E-state index contributed by atoms with van der Waals surface area (Å²) >= 11 is 0. The molecule has 0 fully saturated rings. The summed E-state index contributed by atoms with van der Waals surface area (Å²) in [4.78, 5) is 17.7. The van der Waals surface area contributed by atoms with E-state index in [2.05, 4.69) is 9.97 Å². The normalized spacial score (nSPS) is 12.0. The average molecular weight is 254 g/mol. The molecule has 0 saturated heterocycles. The maximum atomic E-state index is 13.4. The van der Waals surface area contributed by atoms with Crippen molar-refractivity contribution < 1.29 is 18.7 Å². The number of H-pyrrole nitrogens is 1. The Labute approximate surface area is 102 Å². The van der Waals surface area contributed by atoms with Gasteiger partial charge in [-0.2, -0.15) is 0 Å². The van der Waals surface area contributed by atoms with E-state index in [0.717, 1.165) is 12.1 Å². The highest BCUT2D eigenvalue weighted by Crippen LogP contribution is 2.23. The molecule has 0 aliphatic heterocycles. The molecule has 0 aliphatic carbocycles. The Bertz CT molecular complexity index is 620. The number of hydrogen-bond donors (Lipinski definition) is 2. The van der Waals surface area contributed by atoms with Crippen LogP contribution in [0, 0.1) is 17.0 Å². The van der Waals surface area contributed by atoms with E-state index in [1.807, 2.05) is 0 Å². The van der Waals surface area contributed by atoms with Crippen molar-refractivity contribution in [3.05, 3.63) is 29.6 Å². The van der Waals surface area contributed by atoms with Crippen molar-refractivity contribution in [1.82, 2.24) is 9.97 Å². The molecule has 1 aromatic heterocycles. The summed E-state index contributed by atoms with van der Waals surface area (Å²) in [5.41, 5.74) is -0.778. The van der Waals surface area contributed by atoms with E-state index in [0.29, 0.717) is 5.82 Å². The molecule has 4 nitrogen and oxygen atoms in total. The van der Waals surface area contributed by atoms with E-state index >= 15 is 0 Å². The van der Waals surface area contributed by atoms with Crippen LogP contribution in [0.4, 0.5) is 8.78 Å². The van der Waals surface area contributed by atoms with Crippen molar-refractivity contribution in [2.24, 2.45) is 5.41 Å². The Morgan fingerprint density at radius 2 is 2.11 bits per heavy atom. The van der Waals surface area contributed by atoms with Crippen molar-refractivity contribution in [2.45, 2.75) is 20.3 Å². The molecule has 2 rings (SSSR count). The molecule has 0 atom stereocenters. The third-order valence-corrected chi connectivity index (χ3v) is 2.74. The molecule has 1 aromatic carbocycles. The van der Waals surface area contributed by atoms with E-state index in [4.69, 9.17) is 5.11 Å². The molecule has 2 aromatic rings. The van der Waals surface area contributed by atoms with Crippen molar-refractivity contribution in [3.8, 4) is 0 Å². The molecule has 6 heteroatoms. The Morgan fingerprint density at radius 1 is 1.44 bits per heavy atom. The van der Waals surface area contributed by atoms with Crippen LogP contribution in [0.1, 0.15) is 19.7 Å². The quantitative estimate of drug-likeness (QED) is 0.884. The van der Waals surface area contributed by atoms with Crippen LogP contribution in [-0.2, 0) is 11.2 Å². The number of imidazole rings is 1. The van der Waals surface area contributed by atoms with Gasteiger partial charge >= 0.3 is 5.97 Å². The first-order valence-corrected chi connectivity index (χ1v) is 5.36. The highest BCUT2D eigenvalue weighted by atomic mass is 19.1. The number of halogens is 2. The average Bonchev–Trinajstić information content (AvgIpc) is 2.59. The largest absolute Gasteiger partial charge is 0.481 e. The number of rotatable bonds is 3. The van der Waals surface area contributed by atoms with Crippen LogP contribution >= 0.6 is 0 Å². The molecule has 0 spiro atoms. The molecule has 0 saturated carbocycles. The first-order chi connectivity index (χ1) is 8.29. The van der Waals surface area contributed by atoms with Gasteiger partial charge in [0.2, 0.25) is 0 Å². The number of hydrogen-bond acceptors (Lipinski definition) is 2. The molecular weight excluding hydrogens is 242 g/mol. The van der Waals surface area contributed by atoms with Gasteiger partial charge in [-0.3, -0.25) is 4.79 Å². The number of benzene rings is 1. The zero-order valence-electron chi connectivity index (χ0n) is 9.92. The number of aromatic nitrogens is 2. The van der Waals surface area contributed by atoms with E-state index in [1.165, 1.54) is 0 Å². The van der Waals surface area contributed by atoms with Crippen molar-refractivity contribution in [3.63, 3.8) is 0 Å². The van der Waals surface area contributed by atoms with Crippen LogP contribution in [0.2, 0.25) is 0 Å². The van der Waals surface area contributed by atoms with Gasteiger partial charge in [-0.25, -0.2) is 13.8 Å². The third-order valence-electron chi connectivity index (χ3n) is 2.74. The lowest BCUT2D eigenvalue weighted by molar-refractivity contribution is -0.146. The van der Waals surface area contributed by atoms with Crippen molar-refractivity contribution in [1.29, 1.82) is 0 Å². The van der Waals surface area contributed by atoms with Crippen LogP contribution < -0.4 is 0 Å². The van der Waals surface area contributed by atoms with Crippen molar-refractivity contribution in [2.75, 3.05) is 0 Å². The predicted octanol–water partition coefficient (Wildman–Crippen LogP) is 2.49. The standard InChI is InChI=1S/C12H12F2N2O2/c1-12(2,11(17)18)5-9-15-8-4-6(13)3-7(14)10(8)16-9/h3-4H,5H2,1-2H3,(H,15,16)(H,17,18). The number of carboxylic acids is 1. The summed E-state index contributed by atoms with van der Waals surface area (Å²) in [6.07, 6.45) is 0.109. The first-order valence-electron chi connectivity index (χ1n) is 5.36. The van der Waals surface area contributed by atoms with Gasteiger partial charge in [0.25, 0.3) is 0 Å². The number of aromatic amines is 1. The Hall–Kier alpha value is -1.98. The zero-order valence-corrected chi connectivity index (χ0v) is 9.92. The molecule has 0 aliphatic rings. The van der Waals surface area contributed by atoms with Gasteiger partial charge in [0.15, 0.2) is 5.82 Å². The second-order valence-electron chi connectivity index (χ2n) is 4.83. The minimum atomic E-state index is -1.02. The summed E-state index contributed by atoms with van der Waals surface area (Å²) in [6.45, 7) is 3.08. The molecular formula is C12H12F2N2O2. The van der Waals surface area contributed by atoms with Crippen LogP contribution in [0.15, 0.2) is 12.1 Å². The highest BCUT2D eigenvalue weighted by Gasteiger charge is 2.29. The van der Waals surface area contributed by atoms with Crippen LogP contribution in [0.3, 0.4) is 0 Å². The van der Waals surface area contributed by atoms with Gasteiger partial charge in [-0.05, 0) is 19.9 Å². The minimum absolute atomic E-state index is 0.0209. The van der Waals surface area contributed by atoms with Crippen LogP contribution in [0.5, 0.6) is 0 Å². The predicted molar refractivity (Wildman–Crippen MR) is 61.1 cm³/mol. The summed E-state index contributed by atoms with van der Waals surface area (Å²) in [5, 5.41) is 9.00. The monoisotopic (exact) mass is 254 g/mol. The molecule has 18 heavy (non-hydrogen) atoms. The van der Waals surface area contributed by atoms with Gasteiger partial charge in [0.05, 0.1) is 10.9 Å². The molecule has 0 bridgehead atoms. The fraction of sp³-hybridized carbons (Fsp3) is 0.333. The summed E-state index contributed by atoms with van der Waals surface area (Å²) in [5.74, 6) is -2.12. The fourth-order valence-electron chi connectivity index (χ4n) is 1.67. The molecule has 96 valence electrons. The number of carbonyl (C=O) groups is 1. The Morgan fingerprint density at radius 3 is 2.72 bits per heavy atom. The maximum absolute atomic E-state index is 13.4. The lowest BCUT2D eigenvalue weighted by Crippen LogP contribution is -2.26. The van der Waals surface area contributed by atoms with Crippen molar-refractivity contribution >= 4 is 17.0 Å². The second-order valence-corrected chi connectivity index (χ2v) is 4.83. The smallest absolute Gasteiger partial charge is 0.309 e. The zero-order chi connectivity index (χ0) is 13.5. The lowest BCUT2D eigenvalue weighted by Gasteiger charge is -2.16. The van der Waals surface area contributed by atoms with Gasteiger partial charge in [0, 0.05) is 12.5 Å². The van der Waals surface area contributed by atoms with E-state index < -0.39 is 23.0 Å². The van der Waals surface area contributed by atoms with E-state index in [-0.39, 0.29) is 17.5 Å². The minimum Gasteiger partial charge on any atom is -0.481 e.